The molecule has 0 saturated carbocycles. The van der Waals surface area contributed by atoms with Crippen LogP contribution >= 0.6 is 35.3 Å². The van der Waals surface area contributed by atoms with E-state index in [1.807, 2.05) is 0 Å². The fraction of sp³-hybridized carbons (Fsp3) is 1.00. The Morgan fingerprint density at radius 1 is 1.00 bits per heavy atom. The van der Waals surface area contributed by atoms with Crippen molar-refractivity contribution in [3.63, 3.8) is 0 Å². The van der Waals surface area contributed by atoms with Gasteiger partial charge in [-0.15, -0.1) is 35.3 Å². The molecular weight excluding hydrogens is 230 g/mol. The summed E-state index contributed by atoms with van der Waals surface area (Å²) >= 11 is 6.40. The number of hydrogen-bond donors (Lipinski definition) is 1. The highest BCUT2D eigenvalue weighted by atomic mass is 32.2. The molecule has 82 valence electrons. The standard InChI is InChI=1S/C10H19NS3/c1-9(11-5-6-12-9)3-4-10(2)13-7-8-14-10/h11H,3-8H2,1-2H3. The van der Waals surface area contributed by atoms with E-state index in [9.17, 15) is 0 Å². The average Bonchev–Trinajstić information content (AvgIpc) is 2.74. The summed E-state index contributed by atoms with van der Waals surface area (Å²) in [7, 11) is 0. The molecule has 0 aromatic rings. The zero-order valence-electron chi connectivity index (χ0n) is 8.97. The van der Waals surface area contributed by atoms with Gasteiger partial charge in [0.2, 0.25) is 0 Å². The normalized spacial score (nSPS) is 36.4. The lowest BCUT2D eigenvalue weighted by Crippen LogP contribution is -2.35. The molecule has 0 bridgehead atoms. The molecule has 1 nitrogen and oxygen atoms in total. The summed E-state index contributed by atoms with van der Waals surface area (Å²) < 4.78 is 0.508. The number of nitrogens with one attached hydrogen (secondary N) is 1. The van der Waals surface area contributed by atoms with E-state index in [0.717, 1.165) is 0 Å². The van der Waals surface area contributed by atoms with Gasteiger partial charge in [0.05, 0.1) is 8.95 Å². The van der Waals surface area contributed by atoms with Crippen LogP contribution < -0.4 is 5.32 Å². The first-order valence-electron chi connectivity index (χ1n) is 5.29. The van der Waals surface area contributed by atoms with E-state index < -0.39 is 0 Å². The van der Waals surface area contributed by atoms with Crippen LogP contribution in [0.15, 0.2) is 0 Å². The summed E-state index contributed by atoms with van der Waals surface area (Å²) in [6.45, 7) is 5.97. The van der Waals surface area contributed by atoms with E-state index in [4.69, 9.17) is 0 Å². The lowest BCUT2D eigenvalue weighted by Gasteiger charge is -2.29. The third-order valence-electron chi connectivity index (χ3n) is 2.98. The summed E-state index contributed by atoms with van der Waals surface area (Å²) in [4.78, 5) is 0.368. The molecule has 0 aliphatic carbocycles. The SMILES string of the molecule is CC1(CCC2(C)SCCS2)NCCS1. The molecule has 0 spiro atoms. The Hall–Kier alpha value is 1.01. The largest absolute Gasteiger partial charge is 0.302 e. The molecule has 2 aliphatic heterocycles. The van der Waals surface area contributed by atoms with Gasteiger partial charge in [0, 0.05) is 23.8 Å². The highest BCUT2D eigenvalue weighted by Crippen LogP contribution is 2.48. The Morgan fingerprint density at radius 2 is 1.71 bits per heavy atom. The molecule has 4 heteroatoms. The monoisotopic (exact) mass is 249 g/mol. The molecule has 1 atom stereocenters. The second-order valence-corrected chi connectivity index (χ2v) is 9.39. The van der Waals surface area contributed by atoms with E-state index in [0.29, 0.717) is 8.95 Å². The Morgan fingerprint density at radius 3 is 2.29 bits per heavy atom. The van der Waals surface area contributed by atoms with Crippen molar-refractivity contribution in [3.8, 4) is 0 Å². The maximum Gasteiger partial charge on any atom is 0.0618 e. The van der Waals surface area contributed by atoms with Crippen LogP contribution in [-0.4, -0.2) is 32.8 Å². The average molecular weight is 249 g/mol. The Bertz CT molecular complexity index is 174. The van der Waals surface area contributed by atoms with Crippen LogP contribution in [0.4, 0.5) is 0 Å². The van der Waals surface area contributed by atoms with Crippen molar-refractivity contribution in [2.75, 3.05) is 23.8 Å². The van der Waals surface area contributed by atoms with Crippen molar-refractivity contribution in [3.05, 3.63) is 0 Å². The van der Waals surface area contributed by atoms with Gasteiger partial charge in [-0.05, 0) is 26.7 Å². The predicted octanol–water partition coefficient (Wildman–Crippen LogP) is 3.02. The van der Waals surface area contributed by atoms with Crippen LogP contribution in [0.2, 0.25) is 0 Å². The van der Waals surface area contributed by atoms with E-state index >= 15 is 0 Å². The van der Waals surface area contributed by atoms with Crippen molar-refractivity contribution in [1.82, 2.24) is 5.32 Å². The number of hydrogen-bond acceptors (Lipinski definition) is 4. The lowest BCUT2D eigenvalue weighted by atomic mass is 10.1. The van der Waals surface area contributed by atoms with Gasteiger partial charge in [-0.25, -0.2) is 0 Å². The molecule has 2 heterocycles. The van der Waals surface area contributed by atoms with Gasteiger partial charge in [-0.3, -0.25) is 0 Å². The summed E-state index contributed by atoms with van der Waals surface area (Å²) in [5.74, 6) is 3.98. The molecule has 2 aliphatic rings. The fourth-order valence-corrected chi connectivity index (χ4v) is 5.93. The van der Waals surface area contributed by atoms with E-state index in [-0.39, 0.29) is 0 Å². The topological polar surface area (TPSA) is 12.0 Å². The molecule has 2 fully saturated rings. The van der Waals surface area contributed by atoms with Crippen molar-refractivity contribution in [2.45, 2.75) is 35.6 Å². The molecule has 1 N–H and O–H groups in total. The van der Waals surface area contributed by atoms with Crippen molar-refractivity contribution in [2.24, 2.45) is 0 Å². The molecule has 0 aromatic heterocycles. The van der Waals surface area contributed by atoms with Gasteiger partial charge >= 0.3 is 0 Å². The predicted molar refractivity (Wildman–Crippen MR) is 71.4 cm³/mol. The minimum absolute atomic E-state index is 0.368. The van der Waals surface area contributed by atoms with E-state index in [2.05, 4.69) is 54.4 Å². The third kappa shape index (κ3) is 2.77. The summed E-state index contributed by atoms with van der Waals surface area (Å²) in [5, 5.41) is 3.62. The maximum atomic E-state index is 3.62. The number of thioether (sulfide) groups is 3. The molecule has 0 radical (unpaired) electrons. The first-order valence-corrected chi connectivity index (χ1v) is 8.25. The molecule has 1 unspecified atom stereocenters. The molecule has 0 aromatic carbocycles. The Labute approximate surface area is 99.9 Å². The maximum absolute atomic E-state index is 3.62. The number of rotatable bonds is 3. The summed E-state index contributed by atoms with van der Waals surface area (Å²) in [5.41, 5.74) is 0. The van der Waals surface area contributed by atoms with Gasteiger partial charge in [0.15, 0.2) is 0 Å². The van der Waals surface area contributed by atoms with Crippen molar-refractivity contribution >= 4 is 35.3 Å². The first-order chi connectivity index (χ1) is 6.62. The van der Waals surface area contributed by atoms with Crippen LogP contribution in [0.25, 0.3) is 0 Å². The van der Waals surface area contributed by atoms with Crippen LogP contribution in [-0.2, 0) is 0 Å². The minimum Gasteiger partial charge on any atom is -0.302 e. The third-order valence-corrected chi connectivity index (χ3v) is 7.78. The highest BCUT2D eigenvalue weighted by molar-refractivity contribution is 8.21. The summed E-state index contributed by atoms with van der Waals surface area (Å²) in [6.07, 6.45) is 2.66. The second kappa shape index (κ2) is 4.48. The highest BCUT2D eigenvalue weighted by Gasteiger charge is 2.35. The zero-order chi connectivity index (χ0) is 10.1. The van der Waals surface area contributed by atoms with Crippen molar-refractivity contribution in [1.29, 1.82) is 0 Å². The van der Waals surface area contributed by atoms with Crippen LogP contribution in [0.1, 0.15) is 26.7 Å². The van der Waals surface area contributed by atoms with Gasteiger partial charge in [-0.2, -0.15) is 0 Å². The van der Waals surface area contributed by atoms with Crippen molar-refractivity contribution < 1.29 is 0 Å². The Kier molecular flexibility index (Phi) is 3.68. The smallest absolute Gasteiger partial charge is 0.0618 e. The van der Waals surface area contributed by atoms with Gasteiger partial charge in [0.25, 0.3) is 0 Å². The quantitative estimate of drug-likeness (QED) is 0.825. The Balaban J connectivity index is 1.80. The van der Waals surface area contributed by atoms with Crippen LogP contribution in [0, 0.1) is 0 Å². The molecular formula is C10H19NS3. The van der Waals surface area contributed by atoms with Gasteiger partial charge in [0.1, 0.15) is 0 Å². The molecule has 14 heavy (non-hydrogen) atoms. The first kappa shape index (κ1) is 11.5. The van der Waals surface area contributed by atoms with Gasteiger partial charge in [-0.1, -0.05) is 0 Å². The minimum atomic E-state index is 0.368. The second-order valence-electron chi connectivity index (χ2n) is 4.34. The van der Waals surface area contributed by atoms with E-state index in [1.54, 1.807) is 0 Å². The molecule has 2 rings (SSSR count). The van der Waals surface area contributed by atoms with Gasteiger partial charge < -0.3 is 5.32 Å². The fourth-order valence-electron chi connectivity index (χ4n) is 1.97. The molecule has 2 saturated heterocycles. The lowest BCUT2D eigenvalue weighted by molar-refractivity contribution is 0.483. The van der Waals surface area contributed by atoms with Crippen LogP contribution in [0.3, 0.4) is 0 Å². The molecule has 0 amide bonds. The summed E-state index contributed by atoms with van der Waals surface area (Å²) in [6, 6.07) is 0. The van der Waals surface area contributed by atoms with E-state index in [1.165, 1.54) is 36.6 Å². The van der Waals surface area contributed by atoms with Crippen LogP contribution in [0.5, 0.6) is 0 Å². The zero-order valence-corrected chi connectivity index (χ0v) is 11.4.